The van der Waals surface area contributed by atoms with Crippen LogP contribution >= 0.6 is 0 Å². The molecule has 0 aromatic heterocycles. The first-order chi connectivity index (χ1) is 14.7. The molecule has 2 unspecified atom stereocenters. The molecule has 8 heteroatoms. The average Bonchev–Trinajstić information content (AvgIpc) is 2.63. The summed E-state index contributed by atoms with van der Waals surface area (Å²) in [6.07, 6.45) is -2.17. The largest absolute Gasteiger partial charge is 0.459 e. The van der Waals surface area contributed by atoms with Crippen molar-refractivity contribution in [2.24, 2.45) is 0 Å². The third kappa shape index (κ3) is 10.1. The van der Waals surface area contributed by atoms with Crippen LogP contribution in [0.15, 0.2) is 30.3 Å². The highest BCUT2D eigenvalue weighted by Crippen LogP contribution is 2.21. The molecule has 0 heterocycles. The van der Waals surface area contributed by atoms with Gasteiger partial charge in [-0.3, -0.25) is 0 Å². The van der Waals surface area contributed by atoms with Gasteiger partial charge in [0.05, 0.1) is 6.10 Å². The third-order valence-corrected chi connectivity index (χ3v) is 4.11. The Labute approximate surface area is 190 Å². The number of esters is 1. The van der Waals surface area contributed by atoms with Crippen LogP contribution in [0.3, 0.4) is 0 Å². The fraction of sp³-hybridized carbons (Fsp3) is 0.625. The minimum absolute atomic E-state index is 0.0451. The van der Waals surface area contributed by atoms with E-state index in [0.717, 1.165) is 5.56 Å². The Hall–Kier alpha value is -2.61. The Balaban J connectivity index is 3.25. The monoisotopic (exact) mass is 451 g/mol. The van der Waals surface area contributed by atoms with Gasteiger partial charge in [-0.1, -0.05) is 43.7 Å². The first kappa shape index (κ1) is 27.4. The maximum atomic E-state index is 13.0. The highest BCUT2D eigenvalue weighted by molar-refractivity contribution is 5.94. The van der Waals surface area contributed by atoms with Crippen molar-refractivity contribution in [2.75, 3.05) is 0 Å². The number of carbonyl (C=O) groups is 3. The van der Waals surface area contributed by atoms with Gasteiger partial charge in [0.15, 0.2) is 0 Å². The number of hydrogen-bond acceptors (Lipinski definition) is 7. The molecule has 1 aromatic rings. The van der Waals surface area contributed by atoms with Crippen molar-refractivity contribution >= 4 is 18.2 Å². The lowest BCUT2D eigenvalue weighted by molar-refractivity contribution is -0.152. The van der Waals surface area contributed by atoms with Crippen molar-refractivity contribution in [2.45, 2.75) is 97.7 Å². The number of aliphatic hydroxyl groups excluding tert-OH is 1. The molecule has 8 nitrogen and oxygen atoms in total. The standard InChI is InChI=1S/C24H37NO7/c1-8-12-18(26)15-19(20(27)30-16-17-13-10-9-11-14-17)25(21(28)31-23(2,3)4)22(29)32-24(5,6)7/h9-11,13-14,18-19,26H,8,12,15-16H2,1-7H3. The summed E-state index contributed by atoms with van der Waals surface area (Å²) in [7, 11) is 0. The van der Waals surface area contributed by atoms with Crippen molar-refractivity contribution in [3.8, 4) is 0 Å². The fourth-order valence-corrected chi connectivity index (χ4v) is 2.79. The van der Waals surface area contributed by atoms with E-state index in [2.05, 4.69) is 0 Å². The van der Waals surface area contributed by atoms with Gasteiger partial charge in [0, 0.05) is 6.42 Å². The first-order valence-corrected chi connectivity index (χ1v) is 10.9. The number of nitrogens with zero attached hydrogens (tertiary/aromatic N) is 1. The number of carbonyl (C=O) groups excluding carboxylic acids is 3. The highest BCUT2D eigenvalue weighted by atomic mass is 16.6. The molecule has 0 aliphatic rings. The van der Waals surface area contributed by atoms with Crippen molar-refractivity contribution in [3.63, 3.8) is 0 Å². The first-order valence-electron chi connectivity index (χ1n) is 10.9. The Morgan fingerprint density at radius 1 is 0.938 bits per heavy atom. The molecule has 0 radical (unpaired) electrons. The lowest BCUT2D eigenvalue weighted by Crippen LogP contribution is -2.53. The zero-order valence-electron chi connectivity index (χ0n) is 20.2. The van der Waals surface area contributed by atoms with Gasteiger partial charge in [-0.2, -0.15) is 4.90 Å². The molecular weight excluding hydrogens is 414 g/mol. The maximum absolute atomic E-state index is 13.0. The van der Waals surface area contributed by atoms with Crippen LogP contribution in [0, 0.1) is 0 Å². The minimum Gasteiger partial charge on any atom is -0.459 e. The number of rotatable bonds is 8. The molecule has 0 bridgehead atoms. The smallest absolute Gasteiger partial charge is 0.420 e. The summed E-state index contributed by atoms with van der Waals surface area (Å²) in [4.78, 5) is 39.6. The van der Waals surface area contributed by atoms with E-state index < -0.39 is 41.5 Å². The van der Waals surface area contributed by atoms with Gasteiger partial charge in [0.1, 0.15) is 23.9 Å². The zero-order valence-corrected chi connectivity index (χ0v) is 20.2. The summed E-state index contributed by atoms with van der Waals surface area (Å²) < 4.78 is 16.1. The molecule has 0 saturated heterocycles. The third-order valence-electron chi connectivity index (χ3n) is 4.11. The van der Waals surface area contributed by atoms with Gasteiger partial charge in [0.2, 0.25) is 0 Å². The van der Waals surface area contributed by atoms with E-state index in [1.165, 1.54) is 0 Å². The van der Waals surface area contributed by atoms with E-state index in [4.69, 9.17) is 14.2 Å². The number of benzene rings is 1. The van der Waals surface area contributed by atoms with Crippen LogP contribution in [0.4, 0.5) is 9.59 Å². The molecule has 0 spiro atoms. The molecule has 0 aliphatic heterocycles. The molecule has 0 fully saturated rings. The van der Waals surface area contributed by atoms with Gasteiger partial charge < -0.3 is 19.3 Å². The molecule has 1 N–H and O–H groups in total. The van der Waals surface area contributed by atoms with Crippen LogP contribution in [0.5, 0.6) is 0 Å². The number of ether oxygens (including phenoxy) is 3. The fourth-order valence-electron chi connectivity index (χ4n) is 2.79. The number of amides is 2. The summed E-state index contributed by atoms with van der Waals surface area (Å²) in [6.45, 7) is 11.7. The molecule has 1 rings (SSSR count). The number of aliphatic hydroxyl groups is 1. The van der Waals surface area contributed by atoms with Crippen LogP contribution in [-0.4, -0.2) is 51.5 Å². The van der Waals surface area contributed by atoms with Crippen molar-refractivity contribution in [1.29, 1.82) is 0 Å². The van der Waals surface area contributed by atoms with Crippen LogP contribution in [0.2, 0.25) is 0 Å². The van der Waals surface area contributed by atoms with Crippen molar-refractivity contribution < 1.29 is 33.7 Å². The summed E-state index contributed by atoms with van der Waals surface area (Å²) in [5.41, 5.74) is -1.09. The van der Waals surface area contributed by atoms with E-state index in [1.807, 2.05) is 13.0 Å². The van der Waals surface area contributed by atoms with Crippen molar-refractivity contribution in [1.82, 2.24) is 4.90 Å². The summed E-state index contributed by atoms with van der Waals surface area (Å²) in [6, 6.07) is 7.60. The van der Waals surface area contributed by atoms with Crippen molar-refractivity contribution in [3.05, 3.63) is 35.9 Å². The van der Waals surface area contributed by atoms with E-state index in [1.54, 1.807) is 65.8 Å². The summed E-state index contributed by atoms with van der Waals surface area (Å²) in [5, 5.41) is 10.4. The van der Waals surface area contributed by atoms with Gasteiger partial charge in [-0.05, 0) is 53.5 Å². The van der Waals surface area contributed by atoms with Gasteiger partial charge in [-0.25, -0.2) is 14.4 Å². The molecule has 1 aromatic carbocycles. The second kappa shape index (κ2) is 11.9. The Morgan fingerprint density at radius 3 is 1.88 bits per heavy atom. The molecule has 2 amide bonds. The van der Waals surface area contributed by atoms with Crippen LogP contribution in [-0.2, 0) is 25.6 Å². The Kier molecular flexibility index (Phi) is 10.2. The lowest BCUT2D eigenvalue weighted by atomic mass is 10.0. The molecular formula is C24H37NO7. The average molecular weight is 452 g/mol. The SMILES string of the molecule is CCCC(O)CC(C(=O)OCc1ccccc1)N(C(=O)OC(C)(C)C)C(=O)OC(C)(C)C. The second-order valence-electron chi connectivity index (χ2n) is 9.62. The van der Waals surface area contributed by atoms with Gasteiger partial charge >= 0.3 is 18.2 Å². The maximum Gasteiger partial charge on any atom is 0.420 e. The molecule has 180 valence electrons. The summed E-state index contributed by atoms with van der Waals surface area (Å²) >= 11 is 0. The van der Waals surface area contributed by atoms with Crippen LogP contribution in [0.1, 0.15) is 73.3 Å². The molecule has 2 atom stereocenters. The predicted molar refractivity (Wildman–Crippen MR) is 120 cm³/mol. The second-order valence-corrected chi connectivity index (χ2v) is 9.62. The normalized spacial score (nSPS) is 13.6. The highest BCUT2D eigenvalue weighted by Gasteiger charge is 2.42. The quantitative estimate of drug-likeness (QED) is 0.446. The van der Waals surface area contributed by atoms with E-state index in [0.29, 0.717) is 17.7 Å². The Bertz CT molecular complexity index is 722. The van der Waals surface area contributed by atoms with Gasteiger partial charge in [0.25, 0.3) is 0 Å². The molecule has 0 aliphatic carbocycles. The number of hydrogen-bond donors (Lipinski definition) is 1. The van der Waals surface area contributed by atoms with E-state index in [9.17, 15) is 19.5 Å². The number of imide groups is 1. The zero-order chi connectivity index (χ0) is 24.5. The van der Waals surface area contributed by atoms with Gasteiger partial charge in [-0.15, -0.1) is 0 Å². The molecule has 0 saturated carbocycles. The topological polar surface area (TPSA) is 102 Å². The minimum atomic E-state index is -1.41. The van der Waals surface area contributed by atoms with E-state index >= 15 is 0 Å². The molecule has 32 heavy (non-hydrogen) atoms. The summed E-state index contributed by atoms with van der Waals surface area (Å²) in [5.74, 6) is -0.833. The van der Waals surface area contributed by atoms with Crippen LogP contribution in [0.25, 0.3) is 0 Å². The Morgan fingerprint density at radius 2 is 1.44 bits per heavy atom. The van der Waals surface area contributed by atoms with E-state index in [-0.39, 0.29) is 13.0 Å². The lowest BCUT2D eigenvalue weighted by Gasteiger charge is -2.33. The van der Waals surface area contributed by atoms with Crippen LogP contribution < -0.4 is 0 Å². The predicted octanol–water partition coefficient (Wildman–Crippen LogP) is 4.82.